The summed E-state index contributed by atoms with van der Waals surface area (Å²) in [7, 11) is 0. The molecule has 0 atom stereocenters. The fourth-order valence-electron chi connectivity index (χ4n) is 1.58. The molecule has 0 bridgehead atoms. The summed E-state index contributed by atoms with van der Waals surface area (Å²) < 4.78 is 13.4. The summed E-state index contributed by atoms with van der Waals surface area (Å²) in [6, 6.07) is 11.5. The first-order chi connectivity index (χ1) is 8.58. The second-order valence-electron chi connectivity index (χ2n) is 3.89. The number of para-hydroxylation sites is 1. The maximum absolute atomic E-state index is 12.9. The summed E-state index contributed by atoms with van der Waals surface area (Å²) in [5.41, 5.74) is 2.13. The van der Waals surface area contributed by atoms with Gasteiger partial charge in [-0.3, -0.25) is 4.79 Å². The third-order valence-corrected chi connectivity index (χ3v) is 3.23. The molecule has 2 nitrogen and oxygen atoms in total. The number of nitrogens with one attached hydrogen (secondary N) is 1. The number of carbonyl (C=O) groups is 1. The molecule has 2 aromatic rings. The monoisotopic (exact) mass is 307 g/mol. The molecule has 0 spiro atoms. The van der Waals surface area contributed by atoms with Crippen LogP contribution in [0.1, 0.15) is 15.9 Å². The van der Waals surface area contributed by atoms with E-state index in [1.807, 2.05) is 31.2 Å². The van der Waals surface area contributed by atoms with Gasteiger partial charge < -0.3 is 5.32 Å². The molecular weight excluding hydrogens is 297 g/mol. The van der Waals surface area contributed by atoms with E-state index < -0.39 is 0 Å². The van der Waals surface area contributed by atoms with Gasteiger partial charge in [-0.05, 0) is 52.7 Å². The molecule has 0 heterocycles. The molecule has 4 heteroatoms. The van der Waals surface area contributed by atoms with Gasteiger partial charge in [0.2, 0.25) is 0 Å². The first kappa shape index (κ1) is 12.8. The van der Waals surface area contributed by atoms with E-state index in [0.717, 1.165) is 11.3 Å². The predicted molar refractivity (Wildman–Crippen MR) is 73.2 cm³/mol. The van der Waals surface area contributed by atoms with Crippen molar-refractivity contribution in [1.82, 2.24) is 0 Å². The van der Waals surface area contributed by atoms with Crippen molar-refractivity contribution in [3.8, 4) is 0 Å². The van der Waals surface area contributed by atoms with Gasteiger partial charge in [-0.25, -0.2) is 4.39 Å². The zero-order valence-electron chi connectivity index (χ0n) is 9.71. The second kappa shape index (κ2) is 5.31. The van der Waals surface area contributed by atoms with Crippen LogP contribution in [0, 0.1) is 12.7 Å². The van der Waals surface area contributed by atoms with Crippen LogP contribution in [0.25, 0.3) is 0 Å². The molecule has 1 N–H and O–H groups in total. The fraction of sp³-hybridized carbons (Fsp3) is 0.0714. The number of rotatable bonds is 2. The van der Waals surface area contributed by atoms with Gasteiger partial charge in [0.25, 0.3) is 5.91 Å². The minimum absolute atomic E-state index is 0.267. The Morgan fingerprint density at radius 1 is 1.22 bits per heavy atom. The molecule has 0 aliphatic rings. The molecule has 92 valence electrons. The summed E-state index contributed by atoms with van der Waals surface area (Å²) in [6.07, 6.45) is 0. The van der Waals surface area contributed by atoms with Crippen molar-refractivity contribution in [2.75, 3.05) is 5.32 Å². The highest BCUT2D eigenvalue weighted by Gasteiger charge is 2.11. The minimum atomic E-state index is -0.380. The Morgan fingerprint density at radius 3 is 2.61 bits per heavy atom. The van der Waals surface area contributed by atoms with Crippen LogP contribution in [-0.2, 0) is 0 Å². The van der Waals surface area contributed by atoms with E-state index >= 15 is 0 Å². The first-order valence-corrected chi connectivity index (χ1v) is 6.19. The molecule has 1 amide bonds. The Labute approximate surface area is 113 Å². The molecule has 0 radical (unpaired) electrons. The number of anilines is 1. The minimum Gasteiger partial charge on any atom is -0.322 e. The number of benzene rings is 2. The van der Waals surface area contributed by atoms with E-state index in [-0.39, 0.29) is 11.7 Å². The van der Waals surface area contributed by atoms with Crippen molar-refractivity contribution >= 4 is 27.5 Å². The van der Waals surface area contributed by atoms with Gasteiger partial charge in [0, 0.05) is 10.2 Å². The number of hydrogen-bond acceptors (Lipinski definition) is 1. The van der Waals surface area contributed by atoms with Crippen LogP contribution < -0.4 is 5.32 Å². The van der Waals surface area contributed by atoms with E-state index in [4.69, 9.17) is 0 Å². The average molecular weight is 308 g/mol. The number of carbonyl (C=O) groups excluding carboxylic acids is 1. The van der Waals surface area contributed by atoms with Crippen molar-refractivity contribution in [1.29, 1.82) is 0 Å². The SMILES string of the molecule is Cc1ccccc1NC(=O)c1ccc(F)cc1Br. The molecule has 0 aliphatic carbocycles. The third-order valence-electron chi connectivity index (χ3n) is 2.57. The van der Waals surface area contributed by atoms with Crippen LogP contribution in [0.2, 0.25) is 0 Å². The molecular formula is C14H11BrFNO. The lowest BCUT2D eigenvalue weighted by molar-refractivity contribution is 0.102. The van der Waals surface area contributed by atoms with Crippen LogP contribution in [-0.4, -0.2) is 5.91 Å². The van der Waals surface area contributed by atoms with Gasteiger partial charge in [-0.15, -0.1) is 0 Å². The number of amides is 1. The maximum Gasteiger partial charge on any atom is 0.256 e. The average Bonchev–Trinajstić information content (AvgIpc) is 2.32. The summed E-state index contributed by atoms with van der Waals surface area (Å²) in [6.45, 7) is 1.91. The Kier molecular flexibility index (Phi) is 3.77. The van der Waals surface area contributed by atoms with Crippen LogP contribution in [0.3, 0.4) is 0 Å². The highest BCUT2D eigenvalue weighted by molar-refractivity contribution is 9.10. The molecule has 0 unspecified atom stereocenters. The summed E-state index contributed by atoms with van der Waals surface area (Å²) >= 11 is 3.18. The predicted octanol–water partition coefficient (Wildman–Crippen LogP) is 4.15. The fourth-order valence-corrected chi connectivity index (χ4v) is 2.11. The zero-order valence-corrected chi connectivity index (χ0v) is 11.3. The Balaban J connectivity index is 2.25. The van der Waals surface area contributed by atoms with Crippen LogP contribution in [0.5, 0.6) is 0 Å². The van der Waals surface area contributed by atoms with Crippen molar-refractivity contribution < 1.29 is 9.18 Å². The van der Waals surface area contributed by atoms with E-state index in [1.54, 1.807) is 0 Å². The molecule has 0 saturated carbocycles. The lowest BCUT2D eigenvalue weighted by atomic mass is 10.1. The van der Waals surface area contributed by atoms with Crippen molar-refractivity contribution in [3.05, 3.63) is 63.9 Å². The molecule has 2 aromatic carbocycles. The molecule has 0 aromatic heterocycles. The topological polar surface area (TPSA) is 29.1 Å². The smallest absolute Gasteiger partial charge is 0.256 e. The molecule has 0 saturated heterocycles. The molecule has 18 heavy (non-hydrogen) atoms. The maximum atomic E-state index is 12.9. The Bertz CT molecular complexity index is 598. The first-order valence-electron chi connectivity index (χ1n) is 5.40. The highest BCUT2D eigenvalue weighted by atomic mass is 79.9. The number of hydrogen-bond donors (Lipinski definition) is 1. The summed E-state index contributed by atoms with van der Waals surface area (Å²) in [4.78, 5) is 12.0. The van der Waals surface area contributed by atoms with E-state index in [2.05, 4.69) is 21.2 Å². The third kappa shape index (κ3) is 2.76. The molecule has 0 fully saturated rings. The van der Waals surface area contributed by atoms with Gasteiger partial charge in [-0.1, -0.05) is 18.2 Å². The van der Waals surface area contributed by atoms with Crippen LogP contribution in [0.4, 0.5) is 10.1 Å². The van der Waals surface area contributed by atoms with E-state index in [1.165, 1.54) is 18.2 Å². The molecule has 2 rings (SSSR count). The van der Waals surface area contributed by atoms with Crippen molar-refractivity contribution in [2.24, 2.45) is 0 Å². The van der Waals surface area contributed by atoms with E-state index in [9.17, 15) is 9.18 Å². The number of aryl methyl sites for hydroxylation is 1. The van der Waals surface area contributed by atoms with Crippen LogP contribution in [0.15, 0.2) is 46.9 Å². The largest absolute Gasteiger partial charge is 0.322 e. The molecule has 0 aliphatic heterocycles. The van der Waals surface area contributed by atoms with Gasteiger partial charge in [0.05, 0.1) is 5.56 Å². The van der Waals surface area contributed by atoms with Gasteiger partial charge >= 0.3 is 0 Å². The van der Waals surface area contributed by atoms with Gasteiger partial charge in [0.1, 0.15) is 5.82 Å². The Morgan fingerprint density at radius 2 is 1.94 bits per heavy atom. The summed E-state index contributed by atoms with van der Waals surface area (Å²) in [5, 5.41) is 2.80. The van der Waals surface area contributed by atoms with Gasteiger partial charge in [0.15, 0.2) is 0 Å². The zero-order chi connectivity index (χ0) is 13.1. The lowest BCUT2D eigenvalue weighted by Crippen LogP contribution is -2.13. The summed E-state index contributed by atoms with van der Waals surface area (Å²) in [5.74, 6) is -0.648. The number of halogens is 2. The highest BCUT2D eigenvalue weighted by Crippen LogP contribution is 2.20. The second-order valence-corrected chi connectivity index (χ2v) is 4.75. The lowest BCUT2D eigenvalue weighted by Gasteiger charge is -2.09. The van der Waals surface area contributed by atoms with Crippen molar-refractivity contribution in [3.63, 3.8) is 0 Å². The standard InChI is InChI=1S/C14H11BrFNO/c1-9-4-2-3-5-13(9)17-14(18)11-7-6-10(16)8-12(11)15/h2-8H,1H3,(H,17,18). The Hall–Kier alpha value is -1.68. The quantitative estimate of drug-likeness (QED) is 0.887. The normalized spacial score (nSPS) is 10.2. The van der Waals surface area contributed by atoms with Crippen LogP contribution >= 0.6 is 15.9 Å². The van der Waals surface area contributed by atoms with Gasteiger partial charge in [-0.2, -0.15) is 0 Å². The van der Waals surface area contributed by atoms with E-state index in [0.29, 0.717) is 10.0 Å². The van der Waals surface area contributed by atoms with Crippen molar-refractivity contribution in [2.45, 2.75) is 6.92 Å².